The highest BCUT2D eigenvalue weighted by atomic mass is 35.5. The molecule has 2 aliphatic rings. The Kier molecular flexibility index (Phi) is 4.34. The molecule has 0 bridgehead atoms. The molecule has 0 saturated carbocycles. The summed E-state index contributed by atoms with van der Waals surface area (Å²) >= 11 is 6.00. The van der Waals surface area contributed by atoms with Gasteiger partial charge in [0, 0.05) is 44.5 Å². The van der Waals surface area contributed by atoms with E-state index in [1.165, 1.54) is 12.1 Å². The maximum absolute atomic E-state index is 12.6. The number of aliphatic carboxylic acids is 1. The van der Waals surface area contributed by atoms with Crippen molar-refractivity contribution in [1.82, 2.24) is 4.90 Å². The molecule has 0 aliphatic carbocycles. The van der Waals surface area contributed by atoms with Crippen LogP contribution in [0.5, 0.6) is 0 Å². The maximum atomic E-state index is 12.6. The molecule has 2 aliphatic heterocycles. The molecule has 0 radical (unpaired) electrons. The summed E-state index contributed by atoms with van der Waals surface area (Å²) in [5, 5.41) is 23.3. The zero-order chi connectivity index (χ0) is 18.2. The van der Waals surface area contributed by atoms with Crippen LogP contribution in [0.4, 0.5) is 5.69 Å². The van der Waals surface area contributed by atoms with Gasteiger partial charge in [0.1, 0.15) is 5.60 Å². The number of oxime groups is 1. The number of hydrogen-bond acceptors (Lipinski definition) is 6. The van der Waals surface area contributed by atoms with E-state index >= 15 is 0 Å². The van der Waals surface area contributed by atoms with Crippen molar-refractivity contribution in [3.05, 3.63) is 38.9 Å². The van der Waals surface area contributed by atoms with Crippen LogP contribution in [0.25, 0.3) is 0 Å². The van der Waals surface area contributed by atoms with Crippen LogP contribution in [0.1, 0.15) is 29.6 Å². The molecule has 9 nitrogen and oxygen atoms in total. The minimum absolute atomic E-state index is 0.0156. The number of non-ortho nitro benzene ring substituents is 1. The molecule has 2 heterocycles. The highest BCUT2D eigenvalue weighted by Crippen LogP contribution is 2.35. The molecule has 1 aromatic carbocycles. The van der Waals surface area contributed by atoms with Gasteiger partial charge in [-0.15, -0.1) is 0 Å². The Morgan fingerprint density at radius 2 is 2.04 bits per heavy atom. The number of rotatable bonds is 3. The van der Waals surface area contributed by atoms with Gasteiger partial charge in [0.15, 0.2) is 5.71 Å². The summed E-state index contributed by atoms with van der Waals surface area (Å²) < 4.78 is 0. The standard InChI is InChI=1S/C15H14ClN3O6/c16-11-7-9(19(23)24)1-2-10(11)13(20)18-5-3-15(4-6-18)8-12(14(21)22)17-25-15/h1-2,7H,3-6,8H2,(H,21,22). The number of carbonyl (C=O) groups is 2. The molecule has 3 rings (SSSR count). The molecule has 25 heavy (non-hydrogen) atoms. The molecule has 1 aromatic rings. The van der Waals surface area contributed by atoms with E-state index in [4.69, 9.17) is 21.5 Å². The van der Waals surface area contributed by atoms with Crippen LogP contribution >= 0.6 is 11.6 Å². The Morgan fingerprint density at radius 3 is 2.56 bits per heavy atom. The van der Waals surface area contributed by atoms with Crippen molar-refractivity contribution >= 4 is 34.9 Å². The number of carbonyl (C=O) groups excluding carboxylic acids is 1. The van der Waals surface area contributed by atoms with Gasteiger partial charge >= 0.3 is 5.97 Å². The van der Waals surface area contributed by atoms with Gasteiger partial charge in [0.2, 0.25) is 0 Å². The summed E-state index contributed by atoms with van der Waals surface area (Å²) in [4.78, 5) is 40.6. The SMILES string of the molecule is O=C(O)C1=NOC2(CCN(C(=O)c3ccc([N+](=O)[O-])cc3Cl)CC2)C1. The first kappa shape index (κ1) is 17.2. The van der Waals surface area contributed by atoms with Gasteiger partial charge in [-0.2, -0.15) is 0 Å². The van der Waals surface area contributed by atoms with Crippen molar-refractivity contribution in [2.75, 3.05) is 13.1 Å². The van der Waals surface area contributed by atoms with Gasteiger partial charge < -0.3 is 14.8 Å². The lowest BCUT2D eigenvalue weighted by Crippen LogP contribution is -2.47. The number of nitrogens with zero attached hydrogens (tertiary/aromatic N) is 3. The molecule has 10 heteroatoms. The fourth-order valence-electron chi connectivity index (χ4n) is 2.98. The predicted octanol–water partition coefficient (Wildman–Crippen LogP) is 2.08. The molecular weight excluding hydrogens is 354 g/mol. The zero-order valence-corrected chi connectivity index (χ0v) is 13.7. The Morgan fingerprint density at radius 1 is 1.36 bits per heavy atom. The lowest BCUT2D eigenvalue weighted by Gasteiger charge is -2.37. The van der Waals surface area contributed by atoms with E-state index < -0.39 is 16.5 Å². The van der Waals surface area contributed by atoms with Gasteiger partial charge in [-0.05, 0) is 6.07 Å². The van der Waals surface area contributed by atoms with Crippen LogP contribution in [0.3, 0.4) is 0 Å². The van der Waals surface area contributed by atoms with Gasteiger partial charge in [-0.3, -0.25) is 14.9 Å². The third-order valence-electron chi connectivity index (χ3n) is 4.44. The minimum atomic E-state index is -1.10. The molecule has 0 unspecified atom stereocenters. The highest BCUT2D eigenvalue weighted by Gasteiger charge is 2.44. The quantitative estimate of drug-likeness (QED) is 0.644. The van der Waals surface area contributed by atoms with Crippen molar-refractivity contribution in [2.24, 2.45) is 5.16 Å². The van der Waals surface area contributed by atoms with Crippen LogP contribution in [-0.4, -0.2) is 51.2 Å². The number of hydrogen-bond donors (Lipinski definition) is 1. The maximum Gasteiger partial charge on any atom is 0.353 e. The molecule has 1 saturated heterocycles. The average Bonchev–Trinajstić information content (AvgIpc) is 2.99. The summed E-state index contributed by atoms with van der Waals surface area (Å²) in [6, 6.07) is 3.72. The molecule has 132 valence electrons. The van der Waals surface area contributed by atoms with E-state index in [1.54, 1.807) is 4.90 Å². The molecule has 1 fully saturated rings. The number of amides is 1. The lowest BCUT2D eigenvalue weighted by molar-refractivity contribution is -0.384. The first-order chi connectivity index (χ1) is 11.8. The van der Waals surface area contributed by atoms with Gasteiger partial charge in [-0.1, -0.05) is 16.8 Å². The number of carboxylic acids is 1. The second kappa shape index (κ2) is 6.32. The third kappa shape index (κ3) is 3.27. The highest BCUT2D eigenvalue weighted by molar-refractivity contribution is 6.36. The molecule has 0 aromatic heterocycles. The normalized spacial score (nSPS) is 18.6. The minimum Gasteiger partial charge on any atom is -0.477 e. The zero-order valence-electron chi connectivity index (χ0n) is 13.0. The van der Waals surface area contributed by atoms with Gasteiger partial charge in [0.25, 0.3) is 11.6 Å². The summed E-state index contributed by atoms with van der Waals surface area (Å²) in [5.74, 6) is -1.43. The van der Waals surface area contributed by atoms with Crippen LogP contribution < -0.4 is 0 Å². The number of nitro benzene ring substituents is 1. The summed E-state index contributed by atoms with van der Waals surface area (Å²) in [5.41, 5.74) is -0.683. The van der Waals surface area contributed by atoms with Crippen molar-refractivity contribution in [2.45, 2.75) is 24.9 Å². The monoisotopic (exact) mass is 367 g/mol. The van der Waals surface area contributed by atoms with E-state index in [-0.39, 0.29) is 34.3 Å². The van der Waals surface area contributed by atoms with Crippen LogP contribution in [-0.2, 0) is 9.63 Å². The van der Waals surface area contributed by atoms with Crippen molar-refractivity contribution in [3.63, 3.8) is 0 Å². The Hall–Kier alpha value is -2.68. The second-order valence-electron chi connectivity index (χ2n) is 6.01. The van der Waals surface area contributed by atoms with Gasteiger partial charge in [-0.25, -0.2) is 4.79 Å². The molecule has 0 atom stereocenters. The topological polar surface area (TPSA) is 122 Å². The first-order valence-electron chi connectivity index (χ1n) is 7.53. The van der Waals surface area contributed by atoms with Crippen LogP contribution in [0.15, 0.2) is 23.4 Å². The number of nitro groups is 1. The molecule has 1 amide bonds. The Bertz CT molecular complexity index is 785. The molecule has 1 spiro atoms. The number of likely N-dealkylation sites (tertiary alicyclic amines) is 1. The predicted molar refractivity (Wildman–Crippen MR) is 86.7 cm³/mol. The van der Waals surface area contributed by atoms with Crippen molar-refractivity contribution < 1.29 is 24.5 Å². The fraction of sp³-hybridized carbons (Fsp3) is 0.400. The number of carboxylic acid groups (broad SMARTS) is 1. The average molecular weight is 368 g/mol. The van der Waals surface area contributed by atoms with Crippen molar-refractivity contribution in [1.29, 1.82) is 0 Å². The van der Waals surface area contributed by atoms with E-state index in [9.17, 15) is 19.7 Å². The largest absolute Gasteiger partial charge is 0.477 e. The molecule has 1 N–H and O–H groups in total. The summed E-state index contributed by atoms with van der Waals surface area (Å²) in [6.07, 6.45) is 1.11. The van der Waals surface area contributed by atoms with Crippen LogP contribution in [0, 0.1) is 10.1 Å². The first-order valence-corrected chi connectivity index (χ1v) is 7.91. The Labute approximate surface area is 147 Å². The second-order valence-corrected chi connectivity index (χ2v) is 6.41. The number of piperidine rings is 1. The molecular formula is C15H14ClN3O6. The Balaban J connectivity index is 1.67. The van der Waals surface area contributed by atoms with E-state index in [0.717, 1.165) is 6.07 Å². The fourth-order valence-corrected chi connectivity index (χ4v) is 3.24. The smallest absolute Gasteiger partial charge is 0.353 e. The van der Waals surface area contributed by atoms with E-state index in [2.05, 4.69) is 5.16 Å². The third-order valence-corrected chi connectivity index (χ3v) is 4.75. The van der Waals surface area contributed by atoms with Crippen molar-refractivity contribution in [3.8, 4) is 0 Å². The lowest BCUT2D eigenvalue weighted by atomic mass is 9.86. The number of halogens is 1. The van der Waals surface area contributed by atoms with Gasteiger partial charge in [0.05, 0.1) is 15.5 Å². The summed E-state index contributed by atoms with van der Waals surface area (Å²) in [7, 11) is 0. The van der Waals surface area contributed by atoms with E-state index in [0.29, 0.717) is 25.9 Å². The summed E-state index contributed by atoms with van der Waals surface area (Å²) in [6.45, 7) is 0.711. The van der Waals surface area contributed by atoms with E-state index in [1.807, 2.05) is 0 Å². The number of benzene rings is 1. The van der Waals surface area contributed by atoms with Crippen LogP contribution in [0.2, 0.25) is 5.02 Å².